The van der Waals surface area contributed by atoms with E-state index in [2.05, 4.69) is 10.2 Å². The molecule has 0 atom stereocenters. The third kappa shape index (κ3) is 2.24. The molecule has 0 bridgehead atoms. The molecule has 0 spiro atoms. The highest BCUT2D eigenvalue weighted by Gasteiger charge is 2.33. The molecular weight excluding hydrogens is 223 g/mol. The summed E-state index contributed by atoms with van der Waals surface area (Å²) in [4.78, 5) is 11.9. The standard InChI is InChI=1S/C9H10F3N3O/c10-9(11,12)5-15-2-1-7-6(3-15)8(4-16)14-13-7/h4H,1-3,5H2,(H,13,14). The summed E-state index contributed by atoms with van der Waals surface area (Å²) in [7, 11) is 0. The summed E-state index contributed by atoms with van der Waals surface area (Å²) in [5.41, 5.74) is 1.56. The Kier molecular flexibility index (Phi) is 2.71. The van der Waals surface area contributed by atoms with E-state index in [1.54, 1.807) is 0 Å². The fraction of sp³-hybridized carbons (Fsp3) is 0.556. The van der Waals surface area contributed by atoms with Gasteiger partial charge >= 0.3 is 6.18 Å². The minimum absolute atomic E-state index is 0.124. The molecule has 0 radical (unpaired) electrons. The lowest BCUT2D eigenvalue weighted by Crippen LogP contribution is -2.38. The summed E-state index contributed by atoms with van der Waals surface area (Å²) >= 11 is 0. The number of carbonyl (C=O) groups is 1. The molecule has 16 heavy (non-hydrogen) atoms. The minimum Gasteiger partial charge on any atom is -0.296 e. The second kappa shape index (κ2) is 3.89. The fourth-order valence-corrected chi connectivity index (χ4v) is 1.86. The van der Waals surface area contributed by atoms with Crippen LogP contribution in [0.4, 0.5) is 13.2 Å². The van der Waals surface area contributed by atoms with Crippen molar-refractivity contribution in [3.8, 4) is 0 Å². The van der Waals surface area contributed by atoms with Crippen molar-refractivity contribution >= 4 is 6.29 Å². The molecule has 1 aliphatic rings. The number of fused-ring (bicyclic) bond motifs is 1. The molecule has 4 nitrogen and oxygen atoms in total. The lowest BCUT2D eigenvalue weighted by molar-refractivity contribution is -0.147. The molecule has 1 aliphatic heterocycles. The molecule has 88 valence electrons. The summed E-state index contributed by atoms with van der Waals surface area (Å²) in [6.45, 7) is -0.498. The van der Waals surface area contributed by atoms with E-state index < -0.39 is 12.7 Å². The Morgan fingerprint density at radius 3 is 2.88 bits per heavy atom. The van der Waals surface area contributed by atoms with Gasteiger partial charge in [0.1, 0.15) is 5.69 Å². The number of carbonyl (C=O) groups excluding carboxylic acids is 1. The van der Waals surface area contributed by atoms with Crippen molar-refractivity contribution in [1.29, 1.82) is 0 Å². The van der Waals surface area contributed by atoms with Crippen LogP contribution >= 0.6 is 0 Å². The monoisotopic (exact) mass is 233 g/mol. The molecule has 0 aliphatic carbocycles. The molecule has 0 saturated heterocycles. The fourth-order valence-electron chi connectivity index (χ4n) is 1.86. The molecule has 2 rings (SSSR count). The van der Waals surface area contributed by atoms with Crippen LogP contribution in [0.25, 0.3) is 0 Å². The van der Waals surface area contributed by atoms with Crippen LogP contribution in [0.3, 0.4) is 0 Å². The number of aromatic amines is 1. The third-order valence-electron chi connectivity index (χ3n) is 2.56. The van der Waals surface area contributed by atoms with Gasteiger partial charge in [-0.3, -0.25) is 14.8 Å². The van der Waals surface area contributed by atoms with Crippen molar-refractivity contribution in [2.24, 2.45) is 0 Å². The van der Waals surface area contributed by atoms with E-state index in [0.29, 0.717) is 24.8 Å². The number of nitrogens with one attached hydrogen (secondary N) is 1. The average Bonchev–Trinajstić information content (AvgIpc) is 2.57. The number of hydrogen-bond donors (Lipinski definition) is 1. The van der Waals surface area contributed by atoms with E-state index in [4.69, 9.17) is 0 Å². The van der Waals surface area contributed by atoms with Gasteiger partial charge in [0, 0.05) is 30.8 Å². The van der Waals surface area contributed by atoms with Crippen LogP contribution in [0.2, 0.25) is 0 Å². The van der Waals surface area contributed by atoms with Gasteiger partial charge in [-0.25, -0.2) is 0 Å². The number of alkyl halides is 3. The highest BCUT2D eigenvalue weighted by Crippen LogP contribution is 2.23. The molecule has 0 amide bonds. The van der Waals surface area contributed by atoms with Crippen molar-refractivity contribution in [2.75, 3.05) is 13.1 Å². The van der Waals surface area contributed by atoms with Crippen LogP contribution in [0.1, 0.15) is 21.7 Å². The summed E-state index contributed by atoms with van der Waals surface area (Å²) < 4.78 is 36.6. The maximum absolute atomic E-state index is 12.2. The van der Waals surface area contributed by atoms with Crippen LogP contribution < -0.4 is 0 Å². The molecule has 0 saturated carbocycles. The van der Waals surface area contributed by atoms with Gasteiger partial charge in [-0.15, -0.1) is 0 Å². The van der Waals surface area contributed by atoms with Gasteiger partial charge in [-0.1, -0.05) is 0 Å². The van der Waals surface area contributed by atoms with Crippen LogP contribution in [0, 0.1) is 0 Å². The Morgan fingerprint density at radius 1 is 1.50 bits per heavy atom. The molecule has 1 aromatic heterocycles. The molecule has 2 heterocycles. The van der Waals surface area contributed by atoms with Crippen molar-refractivity contribution < 1.29 is 18.0 Å². The third-order valence-corrected chi connectivity index (χ3v) is 2.56. The zero-order chi connectivity index (χ0) is 11.8. The molecule has 0 unspecified atom stereocenters. The number of rotatable bonds is 2. The summed E-state index contributed by atoms with van der Waals surface area (Å²) in [6, 6.07) is 0. The Labute approximate surface area is 89.4 Å². The molecule has 1 aromatic rings. The van der Waals surface area contributed by atoms with E-state index >= 15 is 0 Å². The zero-order valence-electron chi connectivity index (χ0n) is 8.34. The SMILES string of the molecule is O=Cc1n[nH]c2c1CN(CC(F)(F)F)CC2. The first-order valence-corrected chi connectivity index (χ1v) is 4.80. The van der Waals surface area contributed by atoms with Crippen LogP contribution in [-0.4, -0.2) is 40.6 Å². The second-order valence-corrected chi connectivity index (χ2v) is 3.76. The van der Waals surface area contributed by atoms with E-state index in [-0.39, 0.29) is 12.2 Å². The first kappa shape index (κ1) is 11.1. The number of hydrogen-bond acceptors (Lipinski definition) is 3. The average molecular weight is 233 g/mol. The van der Waals surface area contributed by atoms with Gasteiger partial charge in [-0.05, 0) is 0 Å². The van der Waals surface area contributed by atoms with Crippen LogP contribution in [0.5, 0.6) is 0 Å². The number of halogens is 3. The smallest absolute Gasteiger partial charge is 0.296 e. The van der Waals surface area contributed by atoms with E-state index in [9.17, 15) is 18.0 Å². The first-order chi connectivity index (χ1) is 7.49. The van der Waals surface area contributed by atoms with Gasteiger partial charge < -0.3 is 0 Å². The molecule has 7 heteroatoms. The Morgan fingerprint density at radius 2 is 2.25 bits per heavy atom. The maximum atomic E-state index is 12.2. The van der Waals surface area contributed by atoms with Crippen LogP contribution in [-0.2, 0) is 13.0 Å². The van der Waals surface area contributed by atoms with Gasteiger partial charge in [0.05, 0.1) is 6.54 Å². The molecular formula is C9H10F3N3O. The van der Waals surface area contributed by atoms with Crippen LogP contribution in [0.15, 0.2) is 0 Å². The lowest BCUT2D eigenvalue weighted by Gasteiger charge is -2.27. The highest BCUT2D eigenvalue weighted by atomic mass is 19.4. The highest BCUT2D eigenvalue weighted by molar-refractivity contribution is 5.74. The molecule has 0 aromatic carbocycles. The second-order valence-electron chi connectivity index (χ2n) is 3.76. The Bertz CT molecular complexity index is 399. The van der Waals surface area contributed by atoms with Crippen molar-refractivity contribution in [3.05, 3.63) is 17.0 Å². The van der Waals surface area contributed by atoms with E-state index in [0.717, 1.165) is 5.69 Å². The quantitative estimate of drug-likeness (QED) is 0.779. The first-order valence-electron chi connectivity index (χ1n) is 4.80. The van der Waals surface area contributed by atoms with Gasteiger partial charge in [0.15, 0.2) is 6.29 Å². The number of nitrogens with zero attached hydrogens (tertiary/aromatic N) is 2. The van der Waals surface area contributed by atoms with Gasteiger partial charge in [0.25, 0.3) is 0 Å². The molecule has 0 fully saturated rings. The summed E-state index contributed by atoms with van der Waals surface area (Å²) in [6.07, 6.45) is -3.18. The Balaban J connectivity index is 2.13. The summed E-state index contributed by atoms with van der Waals surface area (Å²) in [5.74, 6) is 0. The number of aromatic nitrogens is 2. The minimum atomic E-state index is -4.21. The molecule has 1 N–H and O–H groups in total. The van der Waals surface area contributed by atoms with E-state index in [1.807, 2.05) is 0 Å². The van der Waals surface area contributed by atoms with E-state index in [1.165, 1.54) is 4.90 Å². The summed E-state index contributed by atoms with van der Waals surface area (Å²) in [5, 5.41) is 6.42. The zero-order valence-corrected chi connectivity index (χ0v) is 8.34. The van der Waals surface area contributed by atoms with Crippen molar-refractivity contribution in [3.63, 3.8) is 0 Å². The normalized spacial score (nSPS) is 17.2. The van der Waals surface area contributed by atoms with Crippen molar-refractivity contribution in [2.45, 2.75) is 19.1 Å². The Hall–Kier alpha value is -1.37. The van der Waals surface area contributed by atoms with Gasteiger partial charge in [0.2, 0.25) is 0 Å². The van der Waals surface area contributed by atoms with Crippen molar-refractivity contribution in [1.82, 2.24) is 15.1 Å². The maximum Gasteiger partial charge on any atom is 0.401 e. The predicted molar refractivity (Wildman–Crippen MR) is 49.0 cm³/mol. The van der Waals surface area contributed by atoms with Gasteiger partial charge in [-0.2, -0.15) is 18.3 Å². The largest absolute Gasteiger partial charge is 0.401 e. The predicted octanol–water partition coefficient (Wildman–Crippen LogP) is 1.14. The topological polar surface area (TPSA) is 49.0 Å². The lowest BCUT2D eigenvalue weighted by atomic mass is 10.1. The number of H-pyrrole nitrogens is 1. The number of aldehydes is 1.